The number of thioether (sulfide) groups is 1. The van der Waals surface area contributed by atoms with Crippen LogP contribution in [-0.4, -0.2) is 24.2 Å². The van der Waals surface area contributed by atoms with E-state index < -0.39 is 0 Å². The number of rotatable bonds is 4. The van der Waals surface area contributed by atoms with Crippen molar-refractivity contribution in [3.8, 4) is 5.75 Å². The zero-order valence-corrected chi connectivity index (χ0v) is 10.7. The van der Waals surface area contributed by atoms with Gasteiger partial charge in [-0.05, 0) is 12.5 Å². The Morgan fingerprint density at radius 2 is 2.25 bits per heavy atom. The molecule has 2 nitrogen and oxygen atoms in total. The second-order valence-electron chi connectivity index (χ2n) is 4.27. The molecule has 1 aromatic carbocycles. The first-order valence-electron chi connectivity index (χ1n) is 5.76. The fraction of sp³-hybridized carbons (Fsp3) is 0.538. The molecule has 16 heavy (non-hydrogen) atoms. The molecule has 88 valence electrons. The van der Waals surface area contributed by atoms with Crippen molar-refractivity contribution in [3.63, 3.8) is 0 Å². The van der Waals surface area contributed by atoms with E-state index in [4.69, 9.17) is 4.74 Å². The topological polar surface area (TPSA) is 21.3 Å². The van der Waals surface area contributed by atoms with Crippen LogP contribution in [0.1, 0.15) is 18.9 Å². The average molecular weight is 237 g/mol. The summed E-state index contributed by atoms with van der Waals surface area (Å²) in [6.07, 6.45) is 1.28. The van der Waals surface area contributed by atoms with Gasteiger partial charge >= 0.3 is 0 Å². The number of benzene rings is 1. The quantitative estimate of drug-likeness (QED) is 0.870. The van der Waals surface area contributed by atoms with Crippen LogP contribution in [0.3, 0.4) is 0 Å². The number of nitrogens with one attached hydrogen (secondary N) is 1. The van der Waals surface area contributed by atoms with E-state index in [1.165, 1.54) is 17.7 Å². The van der Waals surface area contributed by atoms with Crippen molar-refractivity contribution in [2.45, 2.75) is 31.2 Å². The predicted molar refractivity (Wildman–Crippen MR) is 70.2 cm³/mol. The van der Waals surface area contributed by atoms with Gasteiger partial charge in [0, 0.05) is 29.2 Å². The maximum absolute atomic E-state index is 5.34. The first kappa shape index (κ1) is 11.8. The summed E-state index contributed by atoms with van der Waals surface area (Å²) in [5.74, 6) is 2.21. The standard InChI is InChI=1S/C13H19NOS/c1-10-7-12(9-16-10)14-8-11-5-3-4-6-13(11)15-2/h3-6,10,12,14H,7-9H2,1-2H3. The van der Waals surface area contributed by atoms with Gasteiger partial charge < -0.3 is 10.1 Å². The monoisotopic (exact) mass is 237 g/mol. The van der Waals surface area contributed by atoms with Crippen LogP contribution in [0.2, 0.25) is 0 Å². The summed E-state index contributed by atoms with van der Waals surface area (Å²) in [6, 6.07) is 8.87. The van der Waals surface area contributed by atoms with Crippen LogP contribution in [0, 0.1) is 0 Å². The van der Waals surface area contributed by atoms with Crippen LogP contribution < -0.4 is 10.1 Å². The molecule has 1 saturated heterocycles. The third kappa shape index (κ3) is 2.92. The van der Waals surface area contributed by atoms with E-state index in [9.17, 15) is 0 Å². The summed E-state index contributed by atoms with van der Waals surface area (Å²) < 4.78 is 5.34. The van der Waals surface area contributed by atoms with Crippen LogP contribution in [-0.2, 0) is 6.54 Å². The van der Waals surface area contributed by atoms with E-state index in [-0.39, 0.29) is 0 Å². The summed E-state index contributed by atoms with van der Waals surface area (Å²) in [7, 11) is 1.73. The van der Waals surface area contributed by atoms with Crippen LogP contribution in [0.5, 0.6) is 5.75 Å². The number of methoxy groups -OCH3 is 1. The number of hydrogen-bond acceptors (Lipinski definition) is 3. The van der Waals surface area contributed by atoms with Crippen LogP contribution in [0.25, 0.3) is 0 Å². The molecule has 0 amide bonds. The lowest BCUT2D eigenvalue weighted by Crippen LogP contribution is -2.28. The minimum Gasteiger partial charge on any atom is -0.496 e. The molecule has 1 aliphatic heterocycles. The second kappa shape index (κ2) is 5.60. The van der Waals surface area contributed by atoms with Gasteiger partial charge in [0.05, 0.1) is 7.11 Å². The molecule has 0 bridgehead atoms. The molecule has 2 atom stereocenters. The molecule has 1 fully saturated rings. The maximum atomic E-state index is 5.34. The van der Waals surface area contributed by atoms with Gasteiger partial charge in [-0.1, -0.05) is 25.1 Å². The third-order valence-corrected chi connectivity index (χ3v) is 4.33. The van der Waals surface area contributed by atoms with E-state index in [1.807, 2.05) is 12.1 Å². The molecular formula is C13H19NOS. The number of hydrogen-bond donors (Lipinski definition) is 1. The summed E-state index contributed by atoms with van der Waals surface area (Å²) in [4.78, 5) is 0. The zero-order chi connectivity index (χ0) is 11.4. The molecule has 0 aromatic heterocycles. The van der Waals surface area contributed by atoms with Gasteiger partial charge in [0.1, 0.15) is 5.75 Å². The van der Waals surface area contributed by atoms with Gasteiger partial charge in [-0.15, -0.1) is 0 Å². The van der Waals surface area contributed by atoms with Crippen molar-refractivity contribution in [1.29, 1.82) is 0 Å². The lowest BCUT2D eigenvalue weighted by molar-refractivity contribution is 0.405. The van der Waals surface area contributed by atoms with E-state index in [0.29, 0.717) is 6.04 Å². The molecule has 3 heteroatoms. The zero-order valence-electron chi connectivity index (χ0n) is 9.90. The molecule has 0 radical (unpaired) electrons. The van der Waals surface area contributed by atoms with Crippen LogP contribution in [0.4, 0.5) is 0 Å². The first-order valence-corrected chi connectivity index (χ1v) is 6.81. The van der Waals surface area contributed by atoms with Gasteiger partial charge in [-0.25, -0.2) is 0 Å². The van der Waals surface area contributed by atoms with Crippen LogP contribution >= 0.6 is 11.8 Å². The fourth-order valence-electron chi connectivity index (χ4n) is 2.06. The highest BCUT2D eigenvalue weighted by Gasteiger charge is 2.21. The Hall–Kier alpha value is -0.670. The maximum Gasteiger partial charge on any atom is 0.123 e. The summed E-state index contributed by atoms with van der Waals surface area (Å²) >= 11 is 2.06. The number of ether oxygens (including phenoxy) is 1. The molecular weight excluding hydrogens is 218 g/mol. The van der Waals surface area contributed by atoms with Crippen molar-refractivity contribution >= 4 is 11.8 Å². The Bertz CT molecular complexity index is 342. The molecule has 0 aliphatic carbocycles. The molecule has 0 spiro atoms. The predicted octanol–water partition coefficient (Wildman–Crippen LogP) is 2.68. The Morgan fingerprint density at radius 3 is 2.94 bits per heavy atom. The normalized spacial score (nSPS) is 24.6. The van der Waals surface area contributed by atoms with Gasteiger partial charge in [0.25, 0.3) is 0 Å². The van der Waals surface area contributed by atoms with Gasteiger partial charge in [-0.3, -0.25) is 0 Å². The van der Waals surface area contributed by atoms with E-state index in [1.54, 1.807) is 7.11 Å². The lowest BCUT2D eigenvalue weighted by Gasteiger charge is -2.13. The summed E-state index contributed by atoms with van der Waals surface area (Å²) in [5, 5.41) is 4.40. The molecule has 1 heterocycles. The van der Waals surface area contributed by atoms with E-state index >= 15 is 0 Å². The summed E-state index contributed by atoms with van der Waals surface area (Å²) in [5.41, 5.74) is 1.24. The average Bonchev–Trinajstić information content (AvgIpc) is 2.73. The van der Waals surface area contributed by atoms with E-state index in [2.05, 4.69) is 36.1 Å². The second-order valence-corrected chi connectivity index (χ2v) is 5.74. The minimum absolute atomic E-state index is 0.657. The molecule has 2 unspecified atom stereocenters. The molecule has 1 N–H and O–H groups in total. The highest BCUT2D eigenvalue weighted by atomic mass is 32.2. The van der Waals surface area contributed by atoms with Crippen LogP contribution in [0.15, 0.2) is 24.3 Å². The Balaban J connectivity index is 1.89. The molecule has 1 aliphatic rings. The number of para-hydroxylation sites is 1. The van der Waals surface area contributed by atoms with Gasteiger partial charge in [-0.2, -0.15) is 11.8 Å². The van der Waals surface area contributed by atoms with Crippen molar-refractivity contribution in [2.75, 3.05) is 12.9 Å². The third-order valence-electron chi connectivity index (χ3n) is 2.97. The fourth-order valence-corrected chi connectivity index (χ4v) is 3.25. The smallest absolute Gasteiger partial charge is 0.123 e. The minimum atomic E-state index is 0.657. The highest BCUT2D eigenvalue weighted by Crippen LogP contribution is 2.26. The molecule has 1 aromatic rings. The van der Waals surface area contributed by atoms with Gasteiger partial charge in [0.2, 0.25) is 0 Å². The van der Waals surface area contributed by atoms with E-state index in [0.717, 1.165) is 17.5 Å². The molecule has 0 saturated carbocycles. The Labute approximate surface area is 102 Å². The highest BCUT2D eigenvalue weighted by molar-refractivity contribution is 8.00. The SMILES string of the molecule is COc1ccccc1CNC1CSC(C)C1. The Kier molecular flexibility index (Phi) is 4.13. The van der Waals surface area contributed by atoms with Crippen molar-refractivity contribution in [3.05, 3.63) is 29.8 Å². The Morgan fingerprint density at radius 1 is 1.44 bits per heavy atom. The molecule has 2 rings (SSSR count). The summed E-state index contributed by atoms with van der Waals surface area (Å²) in [6.45, 7) is 3.21. The van der Waals surface area contributed by atoms with Gasteiger partial charge in [0.15, 0.2) is 0 Å². The van der Waals surface area contributed by atoms with Crippen molar-refractivity contribution in [2.24, 2.45) is 0 Å². The van der Waals surface area contributed by atoms with Crippen molar-refractivity contribution in [1.82, 2.24) is 5.32 Å². The first-order chi connectivity index (χ1) is 7.79. The lowest BCUT2D eigenvalue weighted by atomic mass is 10.1. The largest absolute Gasteiger partial charge is 0.496 e. The van der Waals surface area contributed by atoms with Crippen molar-refractivity contribution < 1.29 is 4.74 Å².